The summed E-state index contributed by atoms with van der Waals surface area (Å²) in [5.74, 6) is -0.953. The first-order valence-corrected chi connectivity index (χ1v) is 13.6. The van der Waals surface area contributed by atoms with Crippen molar-refractivity contribution in [3.63, 3.8) is 0 Å². The second-order valence-corrected chi connectivity index (χ2v) is 11.1. The fraction of sp³-hybridized carbons (Fsp3) is 0.192. The lowest BCUT2D eigenvalue weighted by atomic mass is 10.0. The van der Waals surface area contributed by atoms with E-state index in [-0.39, 0.29) is 39.1 Å². The Balaban J connectivity index is 1.56. The predicted molar refractivity (Wildman–Crippen MR) is 141 cm³/mol. The van der Waals surface area contributed by atoms with E-state index in [4.69, 9.17) is 16.0 Å². The average Bonchev–Trinajstić information content (AvgIpc) is 3.63. The molecule has 0 saturated heterocycles. The minimum absolute atomic E-state index is 0.104. The number of sulfonamides is 1. The molecule has 1 fully saturated rings. The van der Waals surface area contributed by atoms with Crippen LogP contribution in [0, 0.1) is 15.9 Å². The van der Waals surface area contributed by atoms with Crippen molar-refractivity contribution in [1.82, 2.24) is 5.32 Å². The molecule has 2 N–H and O–H groups in total. The number of furan rings is 1. The van der Waals surface area contributed by atoms with Crippen LogP contribution in [0.4, 0.5) is 15.8 Å². The van der Waals surface area contributed by atoms with E-state index in [1.165, 1.54) is 43.4 Å². The van der Waals surface area contributed by atoms with Gasteiger partial charge >= 0.3 is 0 Å². The molecule has 12 heteroatoms. The van der Waals surface area contributed by atoms with Gasteiger partial charge in [-0.2, -0.15) is 0 Å². The third kappa shape index (κ3) is 5.07. The number of benzene rings is 3. The van der Waals surface area contributed by atoms with Gasteiger partial charge < -0.3 is 9.73 Å². The second-order valence-electron chi connectivity index (χ2n) is 9.01. The Morgan fingerprint density at radius 1 is 1.16 bits per heavy atom. The summed E-state index contributed by atoms with van der Waals surface area (Å²) in [7, 11) is -2.47. The first-order chi connectivity index (χ1) is 18.1. The van der Waals surface area contributed by atoms with Gasteiger partial charge in [-0.25, -0.2) is 12.8 Å². The van der Waals surface area contributed by atoms with Crippen LogP contribution >= 0.6 is 11.6 Å². The molecule has 0 atom stereocenters. The van der Waals surface area contributed by atoms with Crippen LogP contribution < -0.4 is 10.0 Å². The summed E-state index contributed by atoms with van der Waals surface area (Å²) in [6, 6.07) is 12.6. The van der Waals surface area contributed by atoms with Gasteiger partial charge in [-0.05, 0) is 66.3 Å². The molecule has 0 bridgehead atoms. The number of anilines is 1. The zero-order valence-electron chi connectivity index (χ0n) is 20.0. The van der Waals surface area contributed by atoms with E-state index >= 15 is 0 Å². The molecule has 0 radical (unpaired) electrons. The van der Waals surface area contributed by atoms with Crippen LogP contribution in [-0.4, -0.2) is 26.3 Å². The van der Waals surface area contributed by atoms with E-state index in [0.717, 1.165) is 24.5 Å². The number of halogens is 2. The molecule has 9 nitrogen and oxygen atoms in total. The third-order valence-corrected chi connectivity index (χ3v) is 7.82. The molecular formula is C26H21ClFN3O6S. The van der Waals surface area contributed by atoms with E-state index in [1.54, 1.807) is 12.1 Å². The van der Waals surface area contributed by atoms with Crippen molar-refractivity contribution in [3.05, 3.63) is 92.2 Å². The number of amides is 1. The van der Waals surface area contributed by atoms with Crippen molar-refractivity contribution in [2.45, 2.75) is 24.5 Å². The number of nitro benzene ring substituents is 1. The highest BCUT2D eigenvalue weighted by molar-refractivity contribution is 7.91. The van der Waals surface area contributed by atoms with Crippen molar-refractivity contribution in [2.24, 2.45) is 0 Å². The third-order valence-electron chi connectivity index (χ3n) is 6.27. The number of hydrogen-bond donors (Lipinski definition) is 2. The molecule has 1 aromatic heterocycles. The van der Waals surface area contributed by atoms with Crippen LogP contribution in [0.5, 0.6) is 0 Å². The first kappa shape index (κ1) is 25.7. The van der Waals surface area contributed by atoms with E-state index in [0.29, 0.717) is 16.6 Å². The van der Waals surface area contributed by atoms with Gasteiger partial charge in [0.2, 0.25) is 10.0 Å². The number of nitro groups is 1. The van der Waals surface area contributed by atoms with Gasteiger partial charge in [-0.1, -0.05) is 17.7 Å². The zero-order valence-corrected chi connectivity index (χ0v) is 21.5. The molecule has 1 heterocycles. The predicted octanol–water partition coefficient (Wildman–Crippen LogP) is 5.98. The number of nitrogens with one attached hydrogen (secondary N) is 2. The van der Waals surface area contributed by atoms with Crippen molar-refractivity contribution in [1.29, 1.82) is 0 Å². The molecule has 0 spiro atoms. The topological polar surface area (TPSA) is 132 Å². The largest absolute Gasteiger partial charge is 0.455 e. The highest BCUT2D eigenvalue weighted by Gasteiger charge is 2.31. The Kier molecular flexibility index (Phi) is 6.58. The van der Waals surface area contributed by atoms with E-state index in [1.807, 2.05) is 0 Å². The molecule has 38 heavy (non-hydrogen) atoms. The van der Waals surface area contributed by atoms with Crippen LogP contribution in [0.15, 0.2) is 59.0 Å². The maximum absolute atomic E-state index is 13.5. The Hall–Kier alpha value is -3.96. The lowest BCUT2D eigenvalue weighted by Gasteiger charge is -2.13. The van der Waals surface area contributed by atoms with Crippen LogP contribution in [-0.2, 0) is 15.8 Å². The quantitative estimate of drug-likeness (QED) is 0.202. The van der Waals surface area contributed by atoms with E-state index in [2.05, 4.69) is 10.0 Å². The maximum Gasteiger partial charge on any atom is 0.287 e. The Morgan fingerprint density at radius 2 is 1.87 bits per heavy atom. The molecule has 1 saturated carbocycles. The molecule has 196 valence electrons. The summed E-state index contributed by atoms with van der Waals surface area (Å²) in [5.41, 5.74) is 2.04. The lowest BCUT2D eigenvalue weighted by molar-refractivity contribution is -0.384. The SMILES string of the molecule is CNC(=O)c1c(-c2ccc(F)cc2)oc2cc(NS(=O)(=O)Cc3ccc([N+](=O)[O-])c(Cl)c3)c(C3CC3)cc12. The highest BCUT2D eigenvalue weighted by Crippen LogP contribution is 2.47. The summed E-state index contributed by atoms with van der Waals surface area (Å²) in [6.07, 6.45) is 1.71. The number of fused-ring (bicyclic) bond motifs is 1. The Bertz CT molecular complexity index is 1700. The van der Waals surface area contributed by atoms with Gasteiger partial charge in [0, 0.05) is 30.1 Å². The zero-order chi connectivity index (χ0) is 27.2. The molecule has 0 unspecified atom stereocenters. The number of rotatable bonds is 8. The Morgan fingerprint density at radius 3 is 2.47 bits per heavy atom. The monoisotopic (exact) mass is 557 g/mol. The van der Waals surface area contributed by atoms with Gasteiger partial charge in [0.25, 0.3) is 11.6 Å². The number of carbonyl (C=O) groups excluding carboxylic acids is 1. The van der Waals surface area contributed by atoms with Crippen LogP contribution in [0.3, 0.4) is 0 Å². The molecule has 1 aliphatic rings. The van der Waals surface area contributed by atoms with E-state index in [9.17, 15) is 27.7 Å². The molecule has 1 amide bonds. The Labute approximate surface area is 221 Å². The van der Waals surface area contributed by atoms with Crippen LogP contribution in [0.1, 0.15) is 40.2 Å². The minimum Gasteiger partial charge on any atom is -0.455 e. The van der Waals surface area contributed by atoms with Crippen LogP contribution in [0.25, 0.3) is 22.3 Å². The molecule has 5 rings (SSSR count). The summed E-state index contributed by atoms with van der Waals surface area (Å²) >= 11 is 5.94. The van der Waals surface area contributed by atoms with Gasteiger partial charge in [-0.3, -0.25) is 19.6 Å². The molecule has 3 aromatic carbocycles. The van der Waals surface area contributed by atoms with Gasteiger partial charge in [0.15, 0.2) is 0 Å². The fourth-order valence-corrected chi connectivity index (χ4v) is 5.82. The van der Waals surface area contributed by atoms with Gasteiger partial charge in [-0.15, -0.1) is 0 Å². The van der Waals surface area contributed by atoms with E-state index < -0.39 is 32.4 Å². The van der Waals surface area contributed by atoms with Crippen molar-refractivity contribution in [3.8, 4) is 11.3 Å². The first-order valence-electron chi connectivity index (χ1n) is 11.6. The van der Waals surface area contributed by atoms with Crippen molar-refractivity contribution in [2.75, 3.05) is 11.8 Å². The van der Waals surface area contributed by atoms with Gasteiger partial charge in [0.1, 0.15) is 22.2 Å². The maximum atomic E-state index is 13.5. The normalized spacial score (nSPS) is 13.4. The minimum atomic E-state index is -3.96. The fourth-order valence-electron chi connectivity index (χ4n) is 4.35. The molecular weight excluding hydrogens is 537 g/mol. The standard InChI is InChI=1S/C26H21ClFN3O6S/c1-29-26(32)24-19-11-18(15-3-4-15)21(12-23(19)37-25(24)16-5-7-17(28)8-6-16)30-38(35,36)13-14-2-9-22(31(33)34)20(27)10-14/h2,5-12,15,30H,3-4,13H2,1H3,(H,29,32). The summed E-state index contributed by atoms with van der Waals surface area (Å²) in [6.45, 7) is 0. The second kappa shape index (κ2) is 9.73. The highest BCUT2D eigenvalue weighted by atomic mass is 35.5. The van der Waals surface area contributed by atoms with Crippen LogP contribution in [0.2, 0.25) is 5.02 Å². The summed E-state index contributed by atoms with van der Waals surface area (Å²) in [4.78, 5) is 23.2. The average molecular weight is 558 g/mol. The van der Waals surface area contributed by atoms with Crippen molar-refractivity contribution < 1.29 is 26.9 Å². The number of carbonyl (C=O) groups is 1. The molecule has 1 aliphatic carbocycles. The lowest BCUT2D eigenvalue weighted by Crippen LogP contribution is -2.18. The van der Waals surface area contributed by atoms with Crippen molar-refractivity contribution >= 4 is 49.9 Å². The summed E-state index contributed by atoms with van der Waals surface area (Å²) in [5, 5.41) is 14.0. The summed E-state index contributed by atoms with van der Waals surface area (Å²) < 4.78 is 48.3. The number of hydrogen-bond acceptors (Lipinski definition) is 6. The smallest absolute Gasteiger partial charge is 0.287 e. The molecule has 4 aromatic rings. The molecule has 0 aliphatic heterocycles. The van der Waals surface area contributed by atoms with Gasteiger partial charge in [0.05, 0.1) is 21.9 Å². The number of nitrogens with zero attached hydrogens (tertiary/aromatic N) is 1.